The Bertz CT molecular complexity index is 1040. The molecule has 0 bridgehead atoms. The Kier molecular flexibility index (Phi) is 8.59. The quantitative estimate of drug-likeness (QED) is 0.421. The Balaban J connectivity index is 1.58. The number of ether oxygens (including phenoxy) is 2. The molecule has 3 rings (SSSR count). The average Bonchev–Trinajstić information content (AvgIpc) is 3.61. The Morgan fingerprint density at radius 2 is 1.43 bits per heavy atom. The van der Waals surface area contributed by atoms with E-state index in [2.05, 4.69) is 16.0 Å². The first-order chi connectivity index (χ1) is 16.7. The fourth-order valence-electron chi connectivity index (χ4n) is 3.45. The van der Waals surface area contributed by atoms with Crippen LogP contribution in [0.15, 0.2) is 60.7 Å². The van der Waals surface area contributed by atoms with Gasteiger partial charge in [0.2, 0.25) is 11.8 Å². The van der Waals surface area contributed by atoms with Crippen LogP contribution < -0.4 is 16.0 Å². The molecule has 0 saturated carbocycles. The van der Waals surface area contributed by atoms with E-state index in [-0.39, 0.29) is 18.8 Å². The Morgan fingerprint density at radius 1 is 0.857 bits per heavy atom. The van der Waals surface area contributed by atoms with Gasteiger partial charge in [-0.1, -0.05) is 60.7 Å². The molecule has 0 spiro atoms. The molecule has 0 radical (unpaired) electrons. The summed E-state index contributed by atoms with van der Waals surface area (Å²) in [6.45, 7) is 5.13. The van der Waals surface area contributed by atoms with Crippen molar-refractivity contribution >= 4 is 23.7 Å². The van der Waals surface area contributed by atoms with Gasteiger partial charge in [0.1, 0.15) is 24.3 Å². The minimum atomic E-state index is -0.960. The number of ketones is 1. The monoisotopic (exact) mass is 481 g/mol. The summed E-state index contributed by atoms with van der Waals surface area (Å²) in [5.74, 6) is -1.30. The van der Waals surface area contributed by atoms with Gasteiger partial charge in [0.15, 0.2) is 5.78 Å². The third-order valence-electron chi connectivity index (χ3n) is 5.71. The number of amides is 3. The zero-order valence-corrected chi connectivity index (χ0v) is 20.1. The number of carbonyl (C=O) groups is 4. The molecule has 0 aromatic heterocycles. The molecular formula is C26H31N3O6. The van der Waals surface area contributed by atoms with Crippen LogP contribution in [0.4, 0.5) is 4.79 Å². The van der Waals surface area contributed by atoms with Crippen molar-refractivity contribution in [3.63, 3.8) is 0 Å². The molecule has 35 heavy (non-hydrogen) atoms. The van der Waals surface area contributed by atoms with Crippen molar-refractivity contribution < 1.29 is 28.7 Å². The zero-order chi connectivity index (χ0) is 25.4. The highest BCUT2D eigenvalue weighted by molar-refractivity contribution is 5.98. The highest BCUT2D eigenvalue weighted by atomic mass is 16.6. The summed E-state index contributed by atoms with van der Waals surface area (Å²) < 4.78 is 10.3. The molecule has 186 valence electrons. The summed E-state index contributed by atoms with van der Waals surface area (Å²) >= 11 is 0. The van der Waals surface area contributed by atoms with E-state index in [0.29, 0.717) is 6.61 Å². The van der Waals surface area contributed by atoms with Crippen LogP contribution in [0.3, 0.4) is 0 Å². The molecular weight excluding hydrogens is 450 g/mol. The summed E-state index contributed by atoms with van der Waals surface area (Å²) in [4.78, 5) is 50.4. The SMILES string of the molecule is CC(NC(=O)OCc1ccccc1)C(=O)NC(Cc1ccccc1)C(=O)NC(C)C(=O)C1(C)CO1. The lowest BCUT2D eigenvalue weighted by Crippen LogP contribution is -2.56. The van der Waals surface area contributed by atoms with Crippen LogP contribution in [-0.4, -0.2) is 54.0 Å². The number of nitrogens with one attached hydrogen (secondary N) is 3. The van der Waals surface area contributed by atoms with Gasteiger partial charge >= 0.3 is 6.09 Å². The molecule has 1 saturated heterocycles. The Hall–Kier alpha value is -3.72. The Labute approximate surface area is 204 Å². The normalized spacial score (nSPS) is 18.9. The molecule has 1 heterocycles. The van der Waals surface area contributed by atoms with Crippen LogP contribution in [0.25, 0.3) is 0 Å². The van der Waals surface area contributed by atoms with Gasteiger partial charge in [0.25, 0.3) is 0 Å². The molecule has 3 N–H and O–H groups in total. The van der Waals surface area contributed by atoms with Crippen LogP contribution in [0, 0.1) is 0 Å². The van der Waals surface area contributed by atoms with Gasteiger partial charge in [-0.05, 0) is 31.9 Å². The second kappa shape index (κ2) is 11.6. The second-order valence-corrected chi connectivity index (χ2v) is 8.79. The molecule has 1 aliphatic rings. The van der Waals surface area contributed by atoms with E-state index in [1.54, 1.807) is 13.8 Å². The fraction of sp³-hybridized carbons (Fsp3) is 0.385. The topological polar surface area (TPSA) is 126 Å². The van der Waals surface area contributed by atoms with Crippen molar-refractivity contribution in [2.24, 2.45) is 0 Å². The third kappa shape index (κ3) is 7.65. The van der Waals surface area contributed by atoms with E-state index in [1.807, 2.05) is 60.7 Å². The van der Waals surface area contributed by atoms with Crippen LogP contribution in [0.2, 0.25) is 0 Å². The van der Waals surface area contributed by atoms with Crippen LogP contribution in [0.5, 0.6) is 0 Å². The average molecular weight is 482 g/mol. The molecule has 4 atom stereocenters. The second-order valence-electron chi connectivity index (χ2n) is 8.79. The van der Waals surface area contributed by atoms with Crippen molar-refractivity contribution in [3.8, 4) is 0 Å². The van der Waals surface area contributed by atoms with Gasteiger partial charge < -0.3 is 25.4 Å². The summed E-state index contributed by atoms with van der Waals surface area (Å²) in [7, 11) is 0. The van der Waals surface area contributed by atoms with Crippen molar-refractivity contribution in [1.29, 1.82) is 0 Å². The van der Waals surface area contributed by atoms with E-state index in [9.17, 15) is 19.2 Å². The molecule has 0 aliphatic carbocycles. The van der Waals surface area contributed by atoms with E-state index in [1.165, 1.54) is 6.92 Å². The van der Waals surface area contributed by atoms with Gasteiger partial charge in [-0.25, -0.2) is 4.79 Å². The summed E-state index contributed by atoms with van der Waals surface area (Å²) in [5, 5.41) is 7.82. The van der Waals surface area contributed by atoms with Gasteiger partial charge in [0.05, 0.1) is 12.6 Å². The minimum Gasteiger partial charge on any atom is -0.445 e. The van der Waals surface area contributed by atoms with Crippen LogP contribution in [0.1, 0.15) is 31.9 Å². The first-order valence-corrected chi connectivity index (χ1v) is 11.5. The fourth-order valence-corrected chi connectivity index (χ4v) is 3.45. The Morgan fingerprint density at radius 3 is 2.00 bits per heavy atom. The van der Waals surface area contributed by atoms with E-state index in [0.717, 1.165) is 11.1 Å². The van der Waals surface area contributed by atoms with Crippen LogP contribution in [-0.2, 0) is 36.9 Å². The lowest BCUT2D eigenvalue weighted by Gasteiger charge is -2.23. The molecule has 4 unspecified atom stereocenters. The highest BCUT2D eigenvalue weighted by Crippen LogP contribution is 2.28. The summed E-state index contributed by atoms with van der Waals surface area (Å²) in [6.07, 6.45) is -0.546. The van der Waals surface area contributed by atoms with Gasteiger partial charge in [0, 0.05) is 6.42 Å². The number of rotatable bonds is 11. The number of epoxide rings is 1. The molecule has 9 heteroatoms. The zero-order valence-electron chi connectivity index (χ0n) is 20.1. The molecule has 1 aliphatic heterocycles. The smallest absolute Gasteiger partial charge is 0.408 e. The van der Waals surface area contributed by atoms with E-state index >= 15 is 0 Å². The van der Waals surface area contributed by atoms with Gasteiger partial charge in [-0.2, -0.15) is 0 Å². The number of hydrogen-bond donors (Lipinski definition) is 3. The molecule has 2 aromatic rings. The van der Waals surface area contributed by atoms with E-state index < -0.39 is 41.6 Å². The summed E-state index contributed by atoms with van der Waals surface area (Å²) in [6, 6.07) is 15.6. The molecule has 9 nitrogen and oxygen atoms in total. The van der Waals surface area contributed by atoms with Gasteiger partial charge in [-0.3, -0.25) is 14.4 Å². The van der Waals surface area contributed by atoms with Crippen molar-refractivity contribution in [2.75, 3.05) is 6.61 Å². The first-order valence-electron chi connectivity index (χ1n) is 11.5. The third-order valence-corrected chi connectivity index (χ3v) is 5.71. The van der Waals surface area contributed by atoms with Crippen molar-refractivity contribution in [3.05, 3.63) is 71.8 Å². The van der Waals surface area contributed by atoms with E-state index in [4.69, 9.17) is 9.47 Å². The number of Topliss-reactive ketones (excluding diaryl/α,β-unsaturated/α-hetero) is 1. The molecule has 1 fully saturated rings. The molecule has 3 amide bonds. The maximum atomic E-state index is 13.0. The molecule has 2 aromatic carbocycles. The summed E-state index contributed by atoms with van der Waals surface area (Å²) in [5.41, 5.74) is 0.768. The standard InChI is InChI=1S/C26H31N3O6/c1-17(22(30)26(3)16-35-26)27-24(32)21(14-19-10-6-4-7-11-19)29-23(31)18(2)28-25(33)34-15-20-12-8-5-9-13-20/h4-13,17-18,21H,14-16H2,1-3H3,(H,27,32)(H,28,33)(H,29,31). The van der Waals surface area contributed by atoms with Crippen molar-refractivity contribution in [1.82, 2.24) is 16.0 Å². The van der Waals surface area contributed by atoms with Crippen LogP contribution >= 0.6 is 0 Å². The van der Waals surface area contributed by atoms with Crippen molar-refractivity contribution in [2.45, 2.75) is 57.5 Å². The number of alkyl carbamates (subject to hydrolysis) is 1. The first kappa shape index (κ1) is 25.9. The lowest BCUT2D eigenvalue weighted by molar-refractivity contribution is -0.132. The predicted octanol–water partition coefficient (Wildman–Crippen LogP) is 1.89. The number of carbonyl (C=O) groups excluding carboxylic acids is 4. The minimum absolute atomic E-state index is 0.0641. The highest BCUT2D eigenvalue weighted by Gasteiger charge is 2.49. The number of hydrogen-bond acceptors (Lipinski definition) is 6. The maximum absolute atomic E-state index is 13.0. The number of benzene rings is 2. The van der Waals surface area contributed by atoms with Gasteiger partial charge in [-0.15, -0.1) is 0 Å². The lowest BCUT2D eigenvalue weighted by atomic mass is 10.0. The largest absolute Gasteiger partial charge is 0.445 e. The maximum Gasteiger partial charge on any atom is 0.408 e. The predicted molar refractivity (Wildman–Crippen MR) is 128 cm³/mol.